The molecule has 0 aliphatic rings. The van der Waals surface area contributed by atoms with E-state index in [1.807, 2.05) is 36.4 Å². The summed E-state index contributed by atoms with van der Waals surface area (Å²) in [6.07, 6.45) is 0. The number of hydrogen-bond acceptors (Lipinski definition) is 5. The monoisotopic (exact) mass is 1620 g/mol. The van der Waals surface area contributed by atoms with E-state index in [9.17, 15) is 5.26 Å². The molecule has 0 saturated heterocycles. The van der Waals surface area contributed by atoms with Crippen molar-refractivity contribution in [1.29, 1.82) is 5.26 Å². The van der Waals surface area contributed by atoms with Gasteiger partial charge in [-0.2, -0.15) is 5.26 Å². The summed E-state index contributed by atoms with van der Waals surface area (Å²) in [6, 6.07) is 165. The van der Waals surface area contributed by atoms with Gasteiger partial charge >= 0.3 is 0 Å². The Kier molecular flexibility index (Phi) is 17.0. The molecule has 0 fully saturated rings. The van der Waals surface area contributed by atoms with Crippen LogP contribution in [0.5, 0.6) is 0 Å². The Labute approximate surface area is 738 Å². The molecule has 0 aromatic heterocycles. The van der Waals surface area contributed by atoms with Crippen molar-refractivity contribution in [2.75, 3.05) is 19.6 Å². The molecule has 0 bridgehead atoms. The SMILES string of the molecule is [C-]#[N+]c1ccc(N(c2cc3ccc4cccc5ccc(c2)c3c45)c2ccc(-c3ccc(N(c4ccc(C#N)cc4)c4cc5ccc6cccc7ccc(c4)c5c67)cc3)c3ccccc23)cc1.c1ccc(N(c2ccc(-c3ccc(N(c4ccccc4)c4cc5ccc6cccc7ccc(c4)c5c67)c4ccccc34)cc2)c2cc3ccc4cccc5ccc(c2)c3c45)cc1. The minimum absolute atomic E-state index is 0.606. The molecular formula is C122H74N6. The molecule has 6 nitrogen and oxygen atoms in total. The minimum Gasteiger partial charge on any atom is -0.310 e. The molecule has 26 aromatic carbocycles. The zero-order valence-corrected chi connectivity index (χ0v) is 69.4. The molecule has 0 spiro atoms. The van der Waals surface area contributed by atoms with Gasteiger partial charge in [0.25, 0.3) is 0 Å². The first-order valence-corrected chi connectivity index (χ1v) is 43.6. The number of nitrogens with zero attached hydrogens (tertiary/aromatic N) is 6. The number of rotatable bonds is 14. The van der Waals surface area contributed by atoms with Crippen LogP contribution in [0.2, 0.25) is 0 Å². The molecule has 0 heterocycles. The van der Waals surface area contributed by atoms with Crippen molar-refractivity contribution in [2.45, 2.75) is 0 Å². The van der Waals surface area contributed by atoms with E-state index in [0.717, 1.165) is 90.1 Å². The predicted octanol–water partition coefficient (Wildman–Crippen LogP) is 34.9. The molecular weight excluding hydrogens is 1550 g/mol. The second-order valence-corrected chi connectivity index (χ2v) is 33.7. The standard InChI is InChI=1S/C62H36N4.C60H38N2/c1-64-49-24-30-52(31-25-49)66(54-36-47-20-16-43-8-5-9-44-17-21-48(37-54)62(47)60(43)44)58-33-32-55(56-10-2-3-11-57(56)58)40-22-28-51(29-23-40)65(50-26-12-39(38-63)13-27-50)53-34-45-18-14-41-6-4-7-42-15-19-46(35-53)61(45)59(41)42;1-3-15-48(16-4-1)61(51-35-44-25-21-40-11-9-12-41-22-26-45(36-51)59(44)57(40)41)50-31-29-39(30-32-50)53-33-34-56(55-20-8-7-19-54(53)55)62(49-17-5-2-6-18-49)52-37-46-27-23-42-13-10-14-43-24-28-47(38-52)60(46)58(42)43/h2-37H;1-38H. The number of para-hydroxylation sites is 2. The maximum absolute atomic E-state index is 9.68. The molecule has 26 aromatic rings. The van der Waals surface area contributed by atoms with Gasteiger partial charge in [0.1, 0.15) is 0 Å². The maximum atomic E-state index is 9.68. The molecule has 0 amide bonds. The van der Waals surface area contributed by atoms with Crippen molar-refractivity contribution in [3.05, 3.63) is 466 Å². The van der Waals surface area contributed by atoms with Gasteiger partial charge in [0.2, 0.25) is 0 Å². The van der Waals surface area contributed by atoms with Crippen molar-refractivity contribution in [3.63, 3.8) is 0 Å². The highest BCUT2D eigenvalue weighted by molar-refractivity contribution is 6.28. The van der Waals surface area contributed by atoms with E-state index in [1.54, 1.807) is 0 Å². The predicted molar refractivity (Wildman–Crippen MR) is 543 cm³/mol. The average molecular weight is 1620 g/mol. The van der Waals surface area contributed by atoms with Crippen LogP contribution in [0.25, 0.3) is 178 Å². The topological polar surface area (TPSA) is 41.1 Å². The highest BCUT2D eigenvalue weighted by Crippen LogP contribution is 2.51. The van der Waals surface area contributed by atoms with Crippen molar-refractivity contribution in [3.8, 4) is 28.3 Å². The van der Waals surface area contributed by atoms with Gasteiger partial charge in [-0.1, -0.05) is 303 Å². The molecule has 0 aliphatic carbocycles. The first-order chi connectivity index (χ1) is 63.3. The van der Waals surface area contributed by atoms with Crippen LogP contribution in [0, 0.1) is 17.9 Å². The first kappa shape index (κ1) is 73.3. The fourth-order valence-electron chi connectivity index (χ4n) is 20.8. The third-order valence-corrected chi connectivity index (χ3v) is 26.5. The second kappa shape index (κ2) is 29.7. The molecule has 0 atom stereocenters. The summed E-state index contributed by atoms with van der Waals surface area (Å²) in [5, 5.41) is 44.7. The molecule has 0 radical (unpaired) electrons. The third-order valence-electron chi connectivity index (χ3n) is 26.5. The van der Waals surface area contributed by atoms with Crippen molar-refractivity contribution < 1.29 is 0 Å². The molecule has 0 aliphatic heterocycles. The van der Waals surface area contributed by atoms with Crippen LogP contribution in [-0.4, -0.2) is 0 Å². The molecule has 0 unspecified atom stereocenters. The van der Waals surface area contributed by atoms with Gasteiger partial charge in [-0.3, -0.25) is 0 Å². The van der Waals surface area contributed by atoms with Gasteiger partial charge in [0.15, 0.2) is 5.69 Å². The smallest absolute Gasteiger partial charge is 0.187 e. The second-order valence-electron chi connectivity index (χ2n) is 33.7. The summed E-state index contributed by atoms with van der Waals surface area (Å²) >= 11 is 0. The van der Waals surface area contributed by atoms with Crippen molar-refractivity contribution in [2.24, 2.45) is 0 Å². The largest absolute Gasteiger partial charge is 0.310 e. The normalized spacial score (nSPS) is 11.7. The zero-order chi connectivity index (χ0) is 84.6. The third kappa shape index (κ3) is 12.1. The van der Waals surface area contributed by atoms with E-state index in [0.29, 0.717) is 11.3 Å². The van der Waals surface area contributed by atoms with Crippen LogP contribution in [0.15, 0.2) is 449 Å². The van der Waals surface area contributed by atoms with E-state index in [2.05, 4.69) is 443 Å². The fourth-order valence-corrected chi connectivity index (χ4v) is 20.8. The van der Waals surface area contributed by atoms with Crippen molar-refractivity contribution >= 4 is 225 Å². The van der Waals surface area contributed by atoms with Gasteiger partial charge in [-0.05, 0) is 308 Å². The summed E-state index contributed by atoms with van der Waals surface area (Å²) in [7, 11) is 0. The van der Waals surface area contributed by atoms with Gasteiger partial charge in [-0.25, -0.2) is 4.85 Å². The molecule has 128 heavy (non-hydrogen) atoms. The Balaban J connectivity index is 0.000000139. The lowest BCUT2D eigenvalue weighted by Gasteiger charge is -2.29. The quantitative estimate of drug-likeness (QED) is 0.0802. The summed E-state index contributed by atoms with van der Waals surface area (Å²) < 4.78 is 0. The Bertz CT molecular complexity index is 8710. The minimum atomic E-state index is 0.606. The Hall–Kier alpha value is -17.4. The van der Waals surface area contributed by atoms with Crippen LogP contribution >= 0.6 is 0 Å². The van der Waals surface area contributed by atoms with Crippen LogP contribution in [0.3, 0.4) is 0 Å². The van der Waals surface area contributed by atoms with Gasteiger partial charge in [0.05, 0.1) is 29.6 Å². The lowest BCUT2D eigenvalue weighted by molar-refractivity contribution is 1.29. The van der Waals surface area contributed by atoms with E-state index in [4.69, 9.17) is 6.57 Å². The number of nitriles is 1. The molecule has 592 valence electrons. The lowest BCUT2D eigenvalue weighted by Crippen LogP contribution is -2.11. The Morgan fingerprint density at radius 1 is 0.188 bits per heavy atom. The Morgan fingerprint density at radius 2 is 0.422 bits per heavy atom. The molecule has 0 saturated carbocycles. The highest BCUT2D eigenvalue weighted by atomic mass is 15.2. The molecule has 6 heteroatoms. The number of hydrogen-bond donors (Lipinski definition) is 0. The van der Waals surface area contributed by atoms with E-state index in [1.165, 1.54) is 151 Å². The number of anilines is 12. The first-order valence-electron chi connectivity index (χ1n) is 43.6. The van der Waals surface area contributed by atoms with Crippen LogP contribution in [0.4, 0.5) is 73.9 Å². The summed E-state index contributed by atoms with van der Waals surface area (Å²) in [6.45, 7) is 7.68. The van der Waals surface area contributed by atoms with Crippen molar-refractivity contribution in [1.82, 2.24) is 0 Å². The lowest BCUT2D eigenvalue weighted by atomic mass is 9.93. The molecule has 26 rings (SSSR count). The van der Waals surface area contributed by atoms with Crippen LogP contribution in [0.1, 0.15) is 5.56 Å². The van der Waals surface area contributed by atoms with Gasteiger partial charge in [0, 0.05) is 67.6 Å². The maximum Gasteiger partial charge on any atom is 0.187 e. The number of fused-ring (bicyclic) bond motifs is 2. The van der Waals surface area contributed by atoms with E-state index in [-0.39, 0.29) is 0 Å². The summed E-state index contributed by atoms with van der Waals surface area (Å²) in [5.74, 6) is 0. The van der Waals surface area contributed by atoms with E-state index >= 15 is 0 Å². The molecule has 0 N–H and O–H groups in total. The van der Waals surface area contributed by atoms with Crippen LogP contribution < -0.4 is 19.6 Å². The van der Waals surface area contributed by atoms with Gasteiger partial charge < -0.3 is 19.6 Å². The van der Waals surface area contributed by atoms with Gasteiger partial charge in [-0.15, -0.1) is 0 Å². The summed E-state index contributed by atoms with van der Waals surface area (Å²) in [5.41, 5.74) is 18.7. The van der Waals surface area contributed by atoms with Crippen LogP contribution in [-0.2, 0) is 0 Å². The Morgan fingerprint density at radius 3 is 0.719 bits per heavy atom. The number of benzene rings is 26. The fraction of sp³-hybridized carbons (Fsp3) is 0. The highest BCUT2D eigenvalue weighted by Gasteiger charge is 2.26. The average Bonchev–Trinajstić information content (AvgIpc) is 0.745. The zero-order valence-electron chi connectivity index (χ0n) is 69.4. The van der Waals surface area contributed by atoms with E-state index < -0.39 is 0 Å². The summed E-state index contributed by atoms with van der Waals surface area (Å²) in [4.78, 5) is 13.1.